The maximum absolute atomic E-state index is 13.5. The molecule has 0 aliphatic rings. The summed E-state index contributed by atoms with van der Waals surface area (Å²) in [5.41, 5.74) is 2.97. The number of fused-ring (bicyclic) bond motifs is 3. The molecule has 0 aliphatic heterocycles. The Morgan fingerprint density at radius 3 is 2.59 bits per heavy atom. The van der Waals surface area contributed by atoms with Gasteiger partial charge in [-0.25, -0.2) is 4.39 Å². The van der Waals surface area contributed by atoms with Crippen molar-refractivity contribution in [2.45, 2.75) is 6.92 Å². The minimum atomic E-state index is -0.299. The van der Waals surface area contributed by atoms with E-state index in [4.69, 9.17) is 4.74 Å². The van der Waals surface area contributed by atoms with Crippen LogP contribution in [0.3, 0.4) is 0 Å². The zero-order valence-electron chi connectivity index (χ0n) is 12.1. The number of hydrogen-bond acceptors (Lipinski definition) is 1. The van der Waals surface area contributed by atoms with Gasteiger partial charge >= 0.3 is 0 Å². The van der Waals surface area contributed by atoms with E-state index in [0.717, 1.165) is 33.1 Å². The molecular formula is C19H14FNO. The van der Waals surface area contributed by atoms with Crippen molar-refractivity contribution in [3.05, 3.63) is 72.0 Å². The van der Waals surface area contributed by atoms with Crippen molar-refractivity contribution in [1.29, 1.82) is 0 Å². The Kier molecular flexibility index (Phi) is 2.86. The van der Waals surface area contributed by atoms with Crippen LogP contribution in [-0.2, 0) is 0 Å². The average Bonchev–Trinajstić information content (AvgIpc) is 2.90. The SMILES string of the molecule is Cc1ccc(F)cc1Oc1cccc2[nH]c3ccccc3c12. The first kappa shape index (κ1) is 12.9. The van der Waals surface area contributed by atoms with Gasteiger partial charge in [-0.2, -0.15) is 0 Å². The van der Waals surface area contributed by atoms with Crippen molar-refractivity contribution in [2.75, 3.05) is 0 Å². The fourth-order valence-corrected chi connectivity index (χ4v) is 2.76. The second-order valence-corrected chi connectivity index (χ2v) is 5.36. The highest BCUT2D eigenvalue weighted by Crippen LogP contribution is 2.36. The van der Waals surface area contributed by atoms with E-state index in [2.05, 4.69) is 11.1 Å². The Bertz CT molecular complexity index is 987. The first-order chi connectivity index (χ1) is 10.7. The van der Waals surface area contributed by atoms with Gasteiger partial charge in [0.25, 0.3) is 0 Å². The van der Waals surface area contributed by atoms with Crippen LogP contribution in [0.25, 0.3) is 21.8 Å². The molecule has 0 spiro atoms. The summed E-state index contributed by atoms with van der Waals surface area (Å²) in [5, 5.41) is 2.11. The Labute approximate surface area is 127 Å². The molecule has 1 aromatic heterocycles. The molecule has 108 valence electrons. The quantitative estimate of drug-likeness (QED) is 0.514. The van der Waals surface area contributed by atoms with Gasteiger partial charge in [-0.15, -0.1) is 0 Å². The third kappa shape index (κ3) is 2.02. The number of hydrogen-bond donors (Lipinski definition) is 1. The maximum Gasteiger partial charge on any atom is 0.137 e. The van der Waals surface area contributed by atoms with Crippen molar-refractivity contribution < 1.29 is 9.13 Å². The molecule has 0 atom stereocenters. The van der Waals surface area contributed by atoms with E-state index in [0.29, 0.717) is 5.75 Å². The number of aromatic nitrogens is 1. The van der Waals surface area contributed by atoms with E-state index in [-0.39, 0.29) is 5.82 Å². The van der Waals surface area contributed by atoms with Crippen LogP contribution in [-0.4, -0.2) is 4.98 Å². The fourth-order valence-electron chi connectivity index (χ4n) is 2.76. The summed E-state index contributed by atoms with van der Waals surface area (Å²) in [6.07, 6.45) is 0. The molecule has 22 heavy (non-hydrogen) atoms. The molecule has 0 unspecified atom stereocenters. The first-order valence-corrected chi connectivity index (χ1v) is 7.16. The Morgan fingerprint density at radius 1 is 0.864 bits per heavy atom. The second-order valence-electron chi connectivity index (χ2n) is 5.36. The molecule has 0 aliphatic carbocycles. The standard InChI is InChI=1S/C19H14FNO/c1-12-9-10-13(20)11-18(12)22-17-8-4-7-16-19(17)14-5-2-3-6-15(14)21-16/h2-11,21H,1H3. The van der Waals surface area contributed by atoms with E-state index < -0.39 is 0 Å². The Morgan fingerprint density at radius 2 is 1.68 bits per heavy atom. The number of ether oxygens (including phenoxy) is 1. The highest BCUT2D eigenvalue weighted by molar-refractivity contribution is 6.10. The van der Waals surface area contributed by atoms with Crippen LogP contribution in [0.4, 0.5) is 4.39 Å². The highest BCUT2D eigenvalue weighted by Gasteiger charge is 2.11. The topological polar surface area (TPSA) is 25.0 Å². The summed E-state index contributed by atoms with van der Waals surface area (Å²) >= 11 is 0. The van der Waals surface area contributed by atoms with E-state index >= 15 is 0 Å². The van der Waals surface area contributed by atoms with Gasteiger partial charge in [0.1, 0.15) is 17.3 Å². The number of para-hydroxylation sites is 1. The lowest BCUT2D eigenvalue weighted by Crippen LogP contribution is -1.89. The van der Waals surface area contributed by atoms with Gasteiger partial charge in [0.15, 0.2) is 0 Å². The van der Waals surface area contributed by atoms with Gasteiger partial charge in [0.2, 0.25) is 0 Å². The van der Waals surface area contributed by atoms with Crippen LogP contribution in [0.1, 0.15) is 5.56 Å². The number of aryl methyl sites for hydroxylation is 1. The molecule has 4 rings (SSSR count). The lowest BCUT2D eigenvalue weighted by molar-refractivity contribution is 0.478. The largest absolute Gasteiger partial charge is 0.456 e. The van der Waals surface area contributed by atoms with Crippen molar-refractivity contribution in [2.24, 2.45) is 0 Å². The molecule has 4 aromatic rings. The van der Waals surface area contributed by atoms with Crippen molar-refractivity contribution >= 4 is 21.8 Å². The average molecular weight is 291 g/mol. The molecule has 2 nitrogen and oxygen atoms in total. The summed E-state index contributed by atoms with van der Waals surface area (Å²) in [5.74, 6) is 0.966. The lowest BCUT2D eigenvalue weighted by atomic mass is 10.1. The van der Waals surface area contributed by atoms with Gasteiger partial charge in [-0.3, -0.25) is 0 Å². The van der Waals surface area contributed by atoms with E-state index in [9.17, 15) is 4.39 Å². The first-order valence-electron chi connectivity index (χ1n) is 7.16. The number of rotatable bonds is 2. The number of nitrogens with one attached hydrogen (secondary N) is 1. The highest BCUT2D eigenvalue weighted by atomic mass is 19.1. The van der Waals surface area contributed by atoms with E-state index in [1.165, 1.54) is 12.1 Å². The normalized spacial score (nSPS) is 11.2. The molecule has 3 heteroatoms. The minimum Gasteiger partial charge on any atom is -0.456 e. The van der Waals surface area contributed by atoms with Crippen LogP contribution in [0.2, 0.25) is 0 Å². The van der Waals surface area contributed by atoms with E-state index in [1.54, 1.807) is 6.07 Å². The number of H-pyrrole nitrogens is 1. The maximum atomic E-state index is 13.5. The third-order valence-electron chi connectivity index (χ3n) is 3.86. The van der Waals surface area contributed by atoms with Crippen LogP contribution in [0.15, 0.2) is 60.7 Å². The van der Waals surface area contributed by atoms with Crippen molar-refractivity contribution in [1.82, 2.24) is 4.98 Å². The molecular weight excluding hydrogens is 277 g/mol. The summed E-state index contributed by atoms with van der Waals surface area (Å²) in [7, 11) is 0. The van der Waals surface area contributed by atoms with Crippen LogP contribution in [0, 0.1) is 12.7 Å². The molecule has 0 saturated carbocycles. The van der Waals surface area contributed by atoms with Crippen molar-refractivity contribution in [3.8, 4) is 11.5 Å². The predicted octanol–water partition coefficient (Wildman–Crippen LogP) is 5.56. The van der Waals surface area contributed by atoms with Crippen LogP contribution in [0.5, 0.6) is 11.5 Å². The molecule has 1 heterocycles. The molecule has 3 aromatic carbocycles. The van der Waals surface area contributed by atoms with Gasteiger partial charge in [0.05, 0.1) is 10.9 Å². The fraction of sp³-hybridized carbons (Fsp3) is 0.0526. The zero-order chi connectivity index (χ0) is 15.1. The number of benzene rings is 3. The number of aromatic amines is 1. The molecule has 0 fully saturated rings. The number of halogens is 1. The lowest BCUT2D eigenvalue weighted by Gasteiger charge is -2.10. The summed E-state index contributed by atoms with van der Waals surface area (Å²) in [4.78, 5) is 3.38. The third-order valence-corrected chi connectivity index (χ3v) is 3.86. The van der Waals surface area contributed by atoms with Gasteiger partial charge < -0.3 is 9.72 Å². The molecule has 0 bridgehead atoms. The molecule has 0 radical (unpaired) electrons. The summed E-state index contributed by atoms with van der Waals surface area (Å²) in [6.45, 7) is 1.91. The van der Waals surface area contributed by atoms with Crippen molar-refractivity contribution in [3.63, 3.8) is 0 Å². The van der Waals surface area contributed by atoms with Gasteiger partial charge in [0, 0.05) is 17.0 Å². The molecule has 1 N–H and O–H groups in total. The van der Waals surface area contributed by atoms with E-state index in [1.807, 2.05) is 43.3 Å². The Balaban J connectivity index is 1.93. The Hall–Kier alpha value is -2.81. The molecule has 0 amide bonds. The predicted molar refractivity (Wildman–Crippen MR) is 87.0 cm³/mol. The smallest absolute Gasteiger partial charge is 0.137 e. The van der Waals surface area contributed by atoms with Gasteiger partial charge in [-0.05, 0) is 36.8 Å². The second kappa shape index (κ2) is 4.88. The monoisotopic (exact) mass is 291 g/mol. The van der Waals surface area contributed by atoms with Crippen LogP contribution >= 0.6 is 0 Å². The van der Waals surface area contributed by atoms with Crippen LogP contribution < -0.4 is 4.74 Å². The summed E-state index contributed by atoms with van der Waals surface area (Å²) in [6, 6.07) is 18.5. The minimum absolute atomic E-state index is 0.299. The zero-order valence-corrected chi connectivity index (χ0v) is 12.1. The van der Waals surface area contributed by atoms with Gasteiger partial charge in [-0.1, -0.05) is 30.3 Å². The molecule has 0 saturated heterocycles. The summed E-state index contributed by atoms with van der Waals surface area (Å²) < 4.78 is 19.5.